The number of nitrogens with zero attached hydrogens (tertiary/aromatic N) is 3. The summed E-state index contributed by atoms with van der Waals surface area (Å²) in [6.45, 7) is 4.27. The molecule has 1 aromatic carbocycles. The molecule has 1 saturated carbocycles. The highest BCUT2D eigenvalue weighted by Crippen LogP contribution is 2.54. The van der Waals surface area contributed by atoms with Crippen molar-refractivity contribution >= 4 is 27.8 Å². The molecular weight excluding hydrogens is 398 g/mol. The maximum Gasteiger partial charge on any atom is 0.129 e. The van der Waals surface area contributed by atoms with Crippen LogP contribution in [0.15, 0.2) is 42.5 Å². The third-order valence-corrected chi connectivity index (χ3v) is 8.23. The molecule has 3 aliphatic rings. The van der Waals surface area contributed by atoms with E-state index in [-0.39, 0.29) is 5.75 Å². The third kappa shape index (κ3) is 2.50. The molecule has 0 radical (unpaired) electrons. The van der Waals surface area contributed by atoms with Crippen LogP contribution >= 0.6 is 0 Å². The molecule has 3 fully saturated rings. The number of nitrogens with one attached hydrogen (secondary N) is 2. The fourth-order valence-corrected chi connectivity index (χ4v) is 6.78. The summed E-state index contributed by atoms with van der Waals surface area (Å²) in [6.07, 6.45) is 5.11. The van der Waals surface area contributed by atoms with Crippen LogP contribution < -0.4 is 10.2 Å². The van der Waals surface area contributed by atoms with Crippen LogP contribution in [0.3, 0.4) is 0 Å². The van der Waals surface area contributed by atoms with Crippen molar-refractivity contribution < 1.29 is 5.11 Å². The Bertz CT molecular complexity index is 1380. The molecular formula is C26H27N5O. The van der Waals surface area contributed by atoms with E-state index in [1.54, 1.807) is 6.07 Å². The zero-order valence-electron chi connectivity index (χ0n) is 18.2. The Kier molecular flexibility index (Phi) is 3.72. The van der Waals surface area contributed by atoms with Gasteiger partial charge in [0.25, 0.3) is 0 Å². The lowest BCUT2D eigenvalue weighted by molar-refractivity contribution is 0.284. The van der Waals surface area contributed by atoms with Crippen LogP contribution in [0.25, 0.3) is 33.2 Å². The molecule has 32 heavy (non-hydrogen) atoms. The van der Waals surface area contributed by atoms with Crippen LogP contribution in [0.1, 0.15) is 31.4 Å². The minimum absolute atomic E-state index is 0.235. The summed E-state index contributed by atoms with van der Waals surface area (Å²) in [5, 5.41) is 15.4. The Hall–Kier alpha value is -3.12. The van der Waals surface area contributed by atoms with Crippen LogP contribution in [0.5, 0.6) is 5.75 Å². The van der Waals surface area contributed by atoms with E-state index in [0.717, 1.165) is 57.8 Å². The Morgan fingerprint density at radius 3 is 2.84 bits per heavy atom. The summed E-state index contributed by atoms with van der Waals surface area (Å²) in [5.74, 6) is 1.31. The van der Waals surface area contributed by atoms with Gasteiger partial charge in [-0.05, 0) is 75.5 Å². The predicted octanol–water partition coefficient (Wildman–Crippen LogP) is 4.51. The molecule has 2 saturated heterocycles. The fourth-order valence-electron chi connectivity index (χ4n) is 6.78. The smallest absolute Gasteiger partial charge is 0.129 e. The van der Waals surface area contributed by atoms with Crippen LogP contribution in [-0.2, 0) is 0 Å². The first-order valence-corrected chi connectivity index (χ1v) is 11.7. The SMILES string of the molecule is Cc1cc2cc(-c3ccc4nc(N5CC[C@]67CCN[C@H]6CC[C@H]57)ccc4n3)c(O)cc2[nH]1. The van der Waals surface area contributed by atoms with E-state index in [0.29, 0.717) is 17.5 Å². The van der Waals surface area contributed by atoms with Gasteiger partial charge in [0, 0.05) is 52.3 Å². The standard InChI is InChI=1S/C26H27N5O/c1-15-12-16-13-17(22(32)14-21(16)28-15)18-2-3-20-19(29-18)4-7-25(30-20)31-11-9-26-8-10-27-23(26)5-6-24(26)31/h2-4,7,12-14,23-24,27-28,32H,5-6,8-11H2,1H3/t23-,24-,26+/m0/s1. The first kappa shape index (κ1) is 18.5. The van der Waals surface area contributed by atoms with Gasteiger partial charge in [-0.25, -0.2) is 9.97 Å². The Morgan fingerprint density at radius 2 is 1.91 bits per heavy atom. The van der Waals surface area contributed by atoms with Crippen LogP contribution in [0.4, 0.5) is 5.82 Å². The largest absolute Gasteiger partial charge is 0.507 e. The number of pyridine rings is 2. The maximum atomic E-state index is 10.6. The molecule has 5 heterocycles. The van der Waals surface area contributed by atoms with Crippen LogP contribution in [-0.4, -0.2) is 45.2 Å². The summed E-state index contributed by atoms with van der Waals surface area (Å²) in [5.41, 5.74) is 5.74. The number of aromatic amines is 1. The number of aromatic nitrogens is 3. The minimum Gasteiger partial charge on any atom is -0.507 e. The Labute approximate surface area is 186 Å². The number of aryl methyl sites for hydroxylation is 1. The number of phenolic OH excluding ortho intramolecular Hbond substituents is 1. The number of H-pyrrole nitrogens is 1. The lowest BCUT2D eigenvalue weighted by atomic mass is 9.79. The number of fused-ring (bicyclic) bond motifs is 2. The molecule has 6 nitrogen and oxygen atoms in total. The van der Waals surface area contributed by atoms with E-state index in [2.05, 4.69) is 33.4 Å². The van der Waals surface area contributed by atoms with Crippen molar-refractivity contribution in [2.24, 2.45) is 5.41 Å². The van der Waals surface area contributed by atoms with Gasteiger partial charge in [0.05, 0.1) is 16.7 Å². The van der Waals surface area contributed by atoms with E-state index in [1.165, 1.54) is 25.7 Å². The Balaban J connectivity index is 1.25. The third-order valence-electron chi connectivity index (χ3n) is 8.23. The normalized spacial score (nSPS) is 26.8. The maximum absolute atomic E-state index is 10.6. The predicted molar refractivity (Wildman–Crippen MR) is 127 cm³/mol. The molecule has 2 aliphatic heterocycles. The van der Waals surface area contributed by atoms with Gasteiger partial charge in [-0.2, -0.15) is 0 Å². The molecule has 1 spiro atoms. The number of rotatable bonds is 2. The lowest BCUT2D eigenvalue weighted by Crippen LogP contribution is -2.39. The summed E-state index contributed by atoms with van der Waals surface area (Å²) in [6, 6.07) is 15.4. The highest BCUT2D eigenvalue weighted by atomic mass is 16.3. The molecule has 6 heteroatoms. The van der Waals surface area contributed by atoms with Gasteiger partial charge in [0.15, 0.2) is 0 Å². The second-order valence-electron chi connectivity index (χ2n) is 9.84. The van der Waals surface area contributed by atoms with Crippen molar-refractivity contribution in [1.82, 2.24) is 20.3 Å². The Morgan fingerprint density at radius 1 is 1.03 bits per heavy atom. The lowest BCUT2D eigenvalue weighted by Gasteiger charge is -2.32. The van der Waals surface area contributed by atoms with Crippen LogP contribution in [0, 0.1) is 12.3 Å². The number of hydrogen-bond acceptors (Lipinski definition) is 5. The van der Waals surface area contributed by atoms with E-state index in [9.17, 15) is 5.11 Å². The highest BCUT2D eigenvalue weighted by molar-refractivity contribution is 5.90. The van der Waals surface area contributed by atoms with Crippen LogP contribution in [0.2, 0.25) is 0 Å². The number of benzene rings is 1. The first-order valence-electron chi connectivity index (χ1n) is 11.7. The first-order chi connectivity index (χ1) is 15.6. The molecule has 0 bridgehead atoms. The molecule has 3 aromatic heterocycles. The topological polar surface area (TPSA) is 77.1 Å². The molecule has 3 atom stereocenters. The zero-order chi connectivity index (χ0) is 21.4. The number of hydrogen-bond donors (Lipinski definition) is 3. The van der Waals surface area contributed by atoms with E-state index >= 15 is 0 Å². The van der Waals surface area contributed by atoms with E-state index in [4.69, 9.17) is 9.97 Å². The number of anilines is 1. The molecule has 3 N–H and O–H groups in total. The second kappa shape index (κ2) is 6.45. The van der Waals surface area contributed by atoms with Crippen molar-refractivity contribution in [2.75, 3.05) is 18.0 Å². The van der Waals surface area contributed by atoms with Crippen molar-refractivity contribution in [1.29, 1.82) is 0 Å². The van der Waals surface area contributed by atoms with Crippen molar-refractivity contribution in [3.63, 3.8) is 0 Å². The summed E-state index contributed by atoms with van der Waals surface area (Å²) < 4.78 is 0. The van der Waals surface area contributed by atoms with Gasteiger partial charge >= 0.3 is 0 Å². The van der Waals surface area contributed by atoms with Gasteiger partial charge in [0.2, 0.25) is 0 Å². The second-order valence-corrected chi connectivity index (χ2v) is 9.84. The monoisotopic (exact) mass is 425 g/mol. The van der Waals surface area contributed by atoms with Crippen molar-refractivity contribution in [3.8, 4) is 17.0 Å². The van der Waals surface area contributed by atoms with Gasteiger partial charge in [-0.1, -0.05) is 0 Å². The molecule has 0 unspecified atom stereocenters. The highest BCUT2D eigenvalue weighted by Gasteiger charge is 2.58. The molecule has 4 aromatic rings. The molecule has 0 amide bonds. The summed E-state index contributed by atoms with van der Waals surface area (Å²) in [7, 11) is 0. The number of aromatic hydroxyl groups is 1. The molecule has 7 rings (SSSR count). The van der Waals surface area contributed by atoms with Gasteiger partial charge in [-0.15, -0.1) is 0 Å². The van der Waals surface area contributed by atoms with Gasteiger partial charge in [0.1, 0.15) is 11.6 Å². The fraction of sp³-hybridized carbons (Fsp3) is 0.385. The summed E-state index contributed by atoms with van der Waals surface area (Å²) in [4.78, 5) is 15.7. The van der Waals surface area contributed by atoms with Gasteiger partial charge < -0.3 is 20.3 Å². The minimum atomic E-state index is 0.235. The van der Waals surface area contributed by atoms with Crippen molar-refractivity contribution in [2.45, 2.75) is 44.7 Å². The van der Waals surface area contributed by atoms with Gasteiger partial charge in [-0.3, -0.25) is 0 Å². The summed E-state index contributed by atoms with van der Waals surface area (Å²) >= 11 is 0. The molecule has 162 valence electrons. The zero-order valence-corrected chi connectivity index (χ0v) is 18.2. The average Bonchev–Trinajstić information content (AvgIpc) is 3.52. The van der Waals surface area contributed by atoms with E-state index in [1.807, 2.05) is 25.1 Å². The quantitative estimate of drug-likeness (QED) is 0.440. The average molecular weight is 426 g/mol. The molecule has 1 aliphatic carbocycles. The van der Waals surface area contributed by atoms with Crippen molar-refractivity contribution in [3.05, 3.63) is 48.2 Å². The van der Waals surface area contributed by atoms with E-state index < -0.39 is 0 Å². The number of phenols is 1.